The molecule has 2 N–H and O–H groups in total. The Labute approximate surface area is 182 Å². The quantitative estimate of drug-likeness (QED) is 0.600. The maximum atomic E-state index is 12.2. The molecular weight excluding hydrogens is 398 g/mol. The number of amides is 1. The summed E-state index contributed by atoms with van der Waals surface area (Å²) in [6.07, 6.45) is -0.959. The number of carboxylic acids is 1. The van der Waals surface area contributed by atoms with E-state index >= 15 is 0 Å². The minimum Gasteiger partial charge on any atom is -0.497 e. The molecule has 0 spiro atoms. The molecule has 0 radical (unpaired) electrons. The number of carbonyl (C=O) groups is 2. The van der Waals surface area contributed by atoms with Crippen LogP contribution in [0.5, 0.6) is 11.5 Å². The number of hydrogen-bond acceptors (Lipinski definition) is 5. The van der Waals surface area contributed by atoms with Crippen LogP contribution >= 0.6 is 0 Å². The van der Waals surface area contributed by atoms with Gasteiger partial charge >= 0.3 is 5.97 Å². The molecule has 164 valence electrons. The molecule has 2 aromatic rings. The van der Waals surface area contributed by atoms with Crippen LogP contribution in [0.4, 0.5) is 0 Å². The highest BCUT2D eigenvalue weighted by Crippen LogP contribution is 2.21. The summed E-state index contributed by atoms with van der Waals surface area (Å²) in [6.45, 7) is 3.76. The molecule has 7 heteroatoms. The fraction of sp³-hybridized carbons (Fsp3) is 0.333. The second-order valence-corrected chi connectivity index (χ2v) is 7.03. The molecule has 0 aliphatic rings. The van der Waals surface area contributed by atoms with Gasteiger partial charge in [-0.15, -0.1) is 0 Å². The second kappa shape index (κ2) is 11.6. The van der Waals surface area contributed by atoms with Gasteiger partial charge in [-0.25, -0.2) is 4.79 Å². The predicted octanol–water partition coefficient (Wildman–Crippen LogP) is 2.79. The van der Waals surface area contributed by atoms with Crippen LogP contribution < -0.4 is 14.8 Å². The van der Waals surface area contributed by atoms with E-state index in [0.717, 1.165) is 5.56 Å². The summed E-state index contributed by atoms with van der Waals surface area (Å²) < 4.78 is 16.0. The Kier molecular flexibility index (Phi) is 8.92. The lowest BCUT2D eigenvalue weighted by Crippen LogP contribution is -2.29. The van der Waals surface area contributed by atoms with Gasteiger partial charge in [-0.1, -0.05) is 24.1 Å². The van der Waals surface area contributed by atoms with Gasteiger partial charge in [0.25, 0.3) is 5.91 Å². The maximum Gasteiger partial charge on any atom is 0.333 e. The van der Waals surface area contributed by atoms with Crippen molar-refractivity contribution >= 4 is 11.9 Å². The Morgan fingerprint density at radius 2 is 1.87 bits per heavy atom. The molecule has 1 atom stereocenters. The minimum absolute atomic E-state index is 0.186. The Bertz CT molecular complexity index is 974. The van der Waals surface area contributed by atoms with Gasteiger partial charge in [0.15, 0.2) is 6.10 Å². The van der Waals surface area contributed by atoms with Gasteiger partial charge in [0.1, 0.15) is 11.5 Å². The first-order valence-electron chi connectivity index (χ1n) is 9.80. The van der Waals surface area contributed by atoms with Gasteiger partial charge in [-0.2, -0.15) is 0 Å². The fourth-order valence-corrected chi connectivity index (χ4v) is 2.88. The topological polar surface area (TPSA) is 94.1 Å². The van der Waals surface area contributed by atoms with E-state index in [-0.39, 0.29) is 19.1 Å². The number of ether oxygens (including phenoxy) is 3. The zero-order valence-corrected chi connectivity index (χ0v) is 18.1. The molecule has 31 heavy (non-hydrogen) atoms. The Hall–Kier alpha value is -3.50. The van der Waals surface area contributed by atoms with E-state index < -0.39 is 18.0 Å². The molecule has 0 heterocycles. The van der Waals surface area contributed by atoms with Crippen molar-refractivity contribution in [1.29, 1.82) is 0 Å². The average molecular weight is 425 g/mol. The molecule has 0 saturated carbocycles. The van der Waals surface area contributed by atoms with Crippen LogP contribution in [0.1, 0.15) is 30.5 Å². The zero-order valence-electron chi connectivity index (χ0n) is 18.1. The molecule has 1 unspecified atom stereocenters. The molecule has 7 nitrogen and oxygen atoms in total. The van der Waals surface area contributed by atoms with Crippen LogP contribution in [0.15, 0.2) is 42.5 Å². The molecule has 2 rings (SSSR count). The summed E-state index contributed by atoms with van der Waals surface area (Å²) >= 11 is 0. The van der Waals surface area contributed by atoms with Crippen molar-refractivity contribution in [2.75, 3.05) is 14.2 Å². The number of aliphatic carboxylic acids is 1. The number of rotatable bonds is 9. The van der Waals surface area contributed by atoms with Crippen LogP contribution in [0, 0.1) is 11.8 Å². The summed E-state index contributed by atoms with van der Waals surface area (Å²) in [5.74, 6) is 5.13. The van der Waals surface area contributed by atoms with Gasteiger partial charge in [0.2, 0.25) is 0 Å². The van der Waals surface area contributed by atoms with Crippen LogP contribution in [0.3, 0.4) is 0 Å². The molecule has 0 fully saturated rings. The third-order valence-electron chi connectivity index (χ3n) is 4.31. The molecule has 1 amide bonds. The van der Waals surface area contributed by atoms with E-state index in [2.05, 4.69) is 17.2 Å². The highest BCUT2D eigenvalue weighted by molar-refractivity contribution is 5.94. The molecule has 0 bridgehead atoms. The predicted molar refractivity (Wildman–Crippen MR) is 116 cm³/mol. The summed E-state index contributed by atoms with van der Waals surface area (Å²) in [7, 11) is 3.10. The first kappa shape index (κ1) is 23.8. The summed E-state index contributed by atoms with van der Waals surface area (Å²) in [4.78, 5) is 23.6. The van der Waals surface area contributed by atoms with E-state index in [4.69, 9.17) is 14.2 Å². The van der Waals surface area contributed by atoms with Crippen LogP contribution in [0.2, 0.25) is 0 Å². The largest absolute Gasteiger partial charge is 0.497 e. The number of methoxy groups -OCH3 is 2. The van der Waals surface area contributed by atoms with E-state index in [1.807, 2.05) is 0 Å². The van der Waals surface area contributed by atoms with Gasteiger partial charge in [0, 0.05) is 30.0 Å². The van der Waals surface area contributed by atoms with Gasteiger partial charge < -0.3 is 24.6 Å². The van der Waals surface area contributed by atoms with Gasteiger partial charge in [-0.3, -0.25) is 4.79 Å². The van der Waals surface area contributed by atoms with Crippen molar-refractivity contribution < 1.29 is 28.9 Å². The number of carbonyl (C=O) groups excluding carboxylic acids is 1. The van der Waals surface area contributed by atoms with Crippen molar-refractivity contribution in [3.8, 4) is 23.3 Å². The van der Waals surface area contributed by atoms with Crippen LogP contribution in [-0.4, -0.2) is 43.4 Å². The maximum absolute atomic E-state index is 12.2. The molecular formula is C24H27NO6. The van der Waals surface area contributed by atoms with Gasteiger partial charge in [-0.05, 0) is 43.7 Å². The third-order valence-corrected chi connectivity index (χ3v) is 4.31. The first-order chi connectivity index (χ1) is 14.8. The lowest BCUT2D eigenvalue weighted by molar-refractivity contribution is -0.153. The Balaban J connectivity index is 2.08. The standard InChI is InChI=1S/C24H27NO6/c1-16(2)31-22(24(27)28)14-18-8-10-21(30-4)19(12-18)15-25-23(26)11-9-17-6-5-7-20(13-17)29-3/h5-8,10,12-13,16,22H,14-15H2,1-4H3,(H,25,26)(H,27,28). The summed E-state index contributed by atoms with van der Waals surface area (Å²) in [6, 6.07) is 12.4. The SMILES string of the molecule is COc1cccc(C#CC(=O)NCc2cc(CC(OC(C)C)C(=O)O)ccc2OC)c1. The molecule has 0 saturated heterocycles. The monoisotopic (exact) mass is 425 g/mol. The fourth-order valence-electron chi connectivity index (χ4n) is 2.88. The van der Waals surface area contributed by atoms with E-state index in [1.165, 1.54) is 7.11 Å². The molecule has 0 aliphatic heterocycles. The molecule has 0 aromatic heterocycles. The number of nitrogens with one attached hydrogen (secondary N) is 1. The van der Waals surface area contributed by atoms with Crippen molar-refractivity contribution in [2.24, 2.45) is 0 Å². The normalized spacial score (nSPS) is 11.3. The number of carboxylic acid groups (broad SMARTS) is 1. The minimum atomic E-state index is -1.02. The smallest absolute Gasteiger partial charge is 0.333 e. The third kappa shape index (κ3) is 7.68. The lowest BCUT2D eigenvalue weighted by Gasteiger charge is -2.17. The lowest BCUT2D eigenvalue weighted by atomic mass is 10.0. The number of hydrogen-bond donors (Lipinski definition) is 2. The molecule has 2 aromatic carbocycles. The second-order valence-electron chi connectivity index (χ2n) is 7.03. The van der Waals surface area contributed by atoms with Crippen molar-refractivity contribution in [3.05, 3.63) is 59.2 Å². The van der Waals surface area contributed by atoms with E-state index in [0.29, 0.717) is 22.6 Å². The van der Waals surface area contributed by atoms with Gasteiger partial charge in [0.05, 0.1) is 20.3 Å². The van der Waals surface area contributed by atoms with Crippen molar-refractivity contribution in [2.45, 2.75) is 39.0 Å². The average Bonchev–Trinajstić information content (AvgIpc) is 2.75. The zero-order chi connectivity index (χ0) is 22.8. The Morgan fingerprint density at radius 1 is 1.10 bits per heavy atom. The first-order valence-corrected chi connectivity index (χ1v) is 9.80. The molecule has 0 aliphatic carbocycles. The highest BCUT2D eigenvalue weighted by atomic mass is 16.5. The van der Waals surface area contributed by atoms with E-state index in [9.17, 15) is 14.7 Å². The van der Waals surface area contributed by atoms with Crippen molar-refractivity contribution in [1.82, 2.24) is 5.32 Å². The highest BCUT2D eigenvalue weighted by Gasteiger charge is 2.20. The summed E-state index contributed by atoms with van der Waals surface area (Å²) in [5, 5.41) is 12.1. The van der Waals surface area contributed by atoms with Crippen LogP contribution in [-0.2, 0) is 27.3 Å². The van der Waals surface area contributed by atoms with Crippen molar-refractivity contribution in [3.63, 3.8) is 0 Å². The summed E-state index contributed by atoms with van der Waals surface area (Å²) in [5.41, 5.74) is 2.14. The van der Waals surface area contributed by atoms with Crippen LogP contribution in [0.25, 0.3) is 0 Å². The Morgan fingerprint density at radius 3 is 2.52 bits per heavy atom. The van der Waals surface area contributed by atoms with E-state index in [1.54, 1.807) is 63.4 Å². The number of benzene rings is 2.